The molecule has 2 N–H and O–H groups in total. The van der Waals surface area contributed by atoms with Gasteiger partial charge in [0.2, 0.25) is 0 Å². The molecule has 106 valence electrons. The lowest BCUT2D eigenvalue weighted by Crippen LogP contribution is -2.19. The predicted octanol–water partition coefficient (Wildman–Crippen LogP) is 3.34. The molecule has 2 atom stereocenters. The van der Waals surface area contributed by atoms with Gasteiger partial charge in [-0.1, -0.05) is 18.1 Å². The lowest BCUT2D eigenvalue weighted by atomic mass is 9.97. The number of benzene rings is 1. The standard InChI is InChI=1S/C16H20N2O2/c1-9-4-5-14(19)16-13(6-10(2)15(9)16)17-8-12-7-11(3)20-18-12/h4-5,7,10,13,17,19H,6,8H2,1-3H3. The molecule has 20 heavy (non-hydrogen) atoms. The zero-order valence-corrected chi connectivity index (χ0v) is 12.1. The summed E-state index contributed by atoms with van der Waals surface area (Å²) >= 11 is 0. The van der Waals surface area contributed by atoms with Crippen molar-refractivity contribution in [3.8, 4) is 5.75 Å². The summed E-state index contributed by atoms with van der Waals surface area (Å²) < 4.78 is 5.07. The fourth-order valence-corrected chi connectivity index (χ4v) is 3.26. The zero-order valence-electron chi connectivity index (χ0n) is 12.1. The quantitative estimate of drug-likeness (QED) is 0.899. The molecule has 3 rings (SSSR count). The number of hydrogen-bond donors (Lipinski definition) is 2. The van der Waals surface area contributed by atoms with E-state index in [0.29, 0.717) is 18.2 Å². The number of aryl methyl sites for hydroxylation is 2. The highest BCUT2D eigenvalue weighted by Gasteiger charge is 2.31. The molecule has 1 aromatic heterocycles. The van der Waals surface area contributed by atoms with Crippen LogP contribution in [-0.2, 0) is 6.54 Å². The third kappa shape index (κ3) is 2.20. The Kier molecular flexibility index (Phi) is 3.26. The summed E-state index contributed by atoms with van der Waals surface area (Å²) in [6.07, 6.45) is 1.00. The molecule has 4 heteroatoms. The lowest BCUT2D eigenvalue weighted by molar-refractivity contribution is 0.383. The van der Waals surface area contributed by atoms with Crippen LogP contribution >= 0.6 is 0 Å². The van der Waals surface area contributed by atoms with Gasteiger partial charge in [-0.15, -0.1) is 0 Å². The summed E-state index contributed by atoms with van der Waals surface area (Å²) in [5.74, 6) is 1.68. The number of phenols is 1. The van der Waals surface area contributed by atoms with E-state index >= 15 is 0 Å². The van der Waals surface area contributed by atoms with Gasteiger partial charge in [-0.05, 0) is 43.4 Å². The number of phenolic OH excluding ortho intramolecular Hbond substituents is 1. The Morgan fingerprint density at radius 1 is 1.35 bits per heavy atom. The van der Waals surface area contributed by atoms with Gasteiger partial charge in [0.15, 0.2) is 0 Å². The lowest BCUT2D eigenvalue weighted by Gasteiger charge is -2.15. The van der Waals surface area contributed by atoms with Crippen molar-refractivity contribution in [1.29, 1.82) is 0 Å². The van der Waals surface area contributed by atoms with Gasteiger partial charge in [0.1, 0.15) is 11.5 Å². The van der Waals surface area contributed by atoms with Crippen LogP contribution < -0.4 is 5.32 Å². The maximum Gasteiger partial charge on any atom is 0.133 e. The fourth-order valence-electron chi connectivity index (χ4n) is 3.26. The second-order valence-electron chi connectivity index (χ2n) is 5.73. The molecule has 1 aliphatic rings. The molecule has 0 saturated carbocycles. The van der Waals surface area contributed by atoms with Gasteiger partial charge in [0.05, 0.1) is 5.69 Å². The number of aromatic nitrogens is 1. The van der Waals surface area contributed by atoms with Gasteiger partial charge >= 0.3 is 0 Å². The van der Waals surface area contributed by atoms with Gasteiger partial charge in [-0.2, -0.15) is 0 Å². The van der Waals surface area contributed by atoms with Crippen molar-refractivity contribution >= 4 is 0 Å². The highest BCUT2D eigenvalue weighted by atomic mass is 16.5. The molecule has 4 nitrogen and oxygen atoms in total. The van der Waals surface area contributed by atoms with E-state index in [1.807, 2.05) is 19.1 Å². The van der Waals surface area contributed by atoms with E-state index < -0.39 is 0 Å². The summed E-state index contributed by atoms with van der Waals surface area (Å²) in [6.45, 7) is 6.87. The third-order valence-corrected chi connectivity index (χ3v) is 4.12. The van der Waals surface area contributed by atoms with Gasteiger partial charge in [-0.3, -0.25) is 0 Å². The van der Waals surface area contributed by atoms with E-state index in [2.05, 4.69) is 24.3 Å². The maximum atomic E-state index is 10.2. The minimum absolute atomic E-state index is 0.178. The van der Waals surface area contributed by atoms with E-state index in [-0.39, 0.29) is 6.04 Å². The molecule has 0 spiro atoms. The SMILES string of the molecule is Cc1cc(CNC2CC(C)c3c(C)ccc(O)c32)no1. The van der Waals surface area contributed by atoms with E-state index in [1.54, 1.807) is 6.07 Å². The van der Waals surface area contributed by atoms with Crippen LogP contribution in [0.1, 0.15) is 53.4 Å². The Morgan fingerprint density at radius 3 is 2.85 bits per heavy atom. The molecule has 1 heterocycles. The molecule has 0 bridgehead atoms. The molecular formula is C16H20N2O2. The summed E-state index contributed by atoms with van der Waals surface area (Å²) in [7, 11) is 0. The molecule has 0 saturated heterocycles. The number of aromatic hydroxyl groups is 1. The van der Waals surface area contributed by atoms with Crippen LogP contribution in [-0.4, -0.2) is 10.3 Å². The predicted molar refractivity (Wildman–Crippen MR) is 76.7 cm³/mol. The first kappa shape index (κ1) is 13.2. The van der Waals surface area contributed by atoms with Crippen molar-refractivity contribution in [1.82, 2.24) is 10.5 Å². The summed E-state index contributed by atoms with van der Waals surface area (Å²) in [5.41, 5.74) is 4.50. The Morgan fingerprint density at radius 2 is 2.15 bits per heavy atom. The van der Waals surface area contributed by atoms with Crippen molar-refractivity contribution in [2.75, 3.05) is 0 Å². The average molecular weight is 272 g/mol. The van der Waals surface area contributed by atoms with Crippen molar-refractivity contribution in [2.24, 2.45) is 0 Å². The molecule has 2 aromatic rings. The topological polar surface area (TPSA) is 58.3 Å². The Bertz CT molecular complexity index is 633. The third-order valence-electron chi connectivity index (χ3n) is 4.12. The fraction of sp³-hybridized carbons (Fsp3) is 0.438. The first-order valence-electron chi connectivity index (χ1n) is 7.04. The smallest absolute Gasteiger partial charge is 0.133 e. The minimum atomic E-state index is 0.178. The van der Waals surface area contributed by atoms with Gasteiger partial charge < -0.3 is 14.9 Å². The molecule has 0 radical (unpaired) electrons. The first-order chi connectivity index (χ1) is 9.56. The number of rotatable bonds is 3. The Labute approximate surface area is 118 Å². The van der Waals surface area contributed by atoms with Crippen LogP contribution in [0.3, 0.4) is 0 Å². The van der Waals surface area contributed by atoms with Crippen molar-refractivity contribution in [3.05, 3.63) is 46.3 Å². The minimum Gasteiger partial charge on any atom is -0.508 e. The maximum absolute atomic E-state index is 10.2. The monoisotopic (exact) mass is 272 g/mol. The van der Waals surface area contributed by atoms with Crippen LogP contribution in [0.25, 0.3) is 0 Å². The molecule has 0 amide bonds. The van der Waals surface area contributed by atoms with Crippen LogP contribution in [0.2, 0.25) is 0 Å². The highest BCUT2D eigenvalue weighted by molar-refractivity contribution is 5.50. The largest absolute Gasteiger partial charge is 0.508 e. The summed E-state index contributed by atoms with van der Waals surface area (Å²) in [5, 5.41) is 17.6. The van der Waals surface area contributed by atoms with E-state index in [4.69, 9.17) is 4.52 Å². The molecule has 1 aliphatic carbocycles. The van der Waals surface area contributed by atoms with Crippen molar-refractivity contribution in [3.63, 3.8) is 0 Å². The summed E-state index contributed by atoms with van der Waals surface area (Å²) in [4.78, 5) is 0. The number of fused-ring (bicyclic) bond motifs is 1. The normalized spacial score (nSPS) is 21.1. The summed E-state index contributed by atoms with van der Waals surface area (Å²) in [6, 6.07) is 5.90. The van der Waals surface area contributed by atoms with Gasteiger partial charge in [0, 0.05) is 24.2 Å². The van der Waals surface area contributed by atoms with Crippen LogP contribution in [0.5, 0.6) is 5.75 Å². The Hall–Kier alpha value is -1.81. The van der Waals surface area contributed by atoms with Crippen LogP contribution in [0, 0.1) is 13.8 Å². The molecule has 2 unspecified atom stereocenters. The average Bonchev–Trinajstić information content (AvgIpc) is 2.96. The van der Waals surface area contributed by atoms with E-state index in [9.17, 15) is 5.11 Å². The van der Waals surface area contributed by atoms with Gasteiger partial charge in [0.25, 0.3) is 0 Å². The van der Waals surface area contributed by atoms with Crippen molar-refractivity contribution < 1.29 is 9.63 Å². The van der Waals surface area contributed by atoms with Crippen molar-refractivity contribution in [2.45, 2.75) is 45.7 Å². The second kappa shape index (κ2) is 4.94. The van der Waals surface area contributed by atoms with Crippen LogP contribution in [0.4, 0.5) is 0 Å². The second-order valence-corrected chi connectivity index (χ2v) is 5.73. The molecule has 1 aromatic carbocycles. The zero-order chi connectivity index (χ0) is 14.3. The number of hydrogen-bond acceptors (Lipinski definition) is 4. The number of nitrogens with one attached hydrogen (secondary N) is 1. The highest BCUT2D eigenvalue weighted by Crippen LogP contribution is 2.45. The Balaban J connectivity index is 1.82. The van der Waals surface area contributed by atoms with Crippen LogP contribution in [0.15, 0.2) is 22.7 Å². The molecular weight excluding hydrogens is 252 g/mol. The molecule has 0 fully saturated rings. The first-order valence-corrected chi connectivity index (χ1v) is 7.04. The molecule has 0 aliphatic heterocycles. The van der Waals surface area contributed by atoms with E-state index in [1.165, 1.54) is 11.1 Å². The number of nitrogens with zero attached hydrogens (tertiary/aromatic N) is 1. The van der Waals surface area contributed by atoms with E-state index in [0.717, 1.165) is 23.4 Å². The van der Waals surface area contributed by atoms with Gasteiger partial charge in [-0.25, -0.2) is 0 Å².